The maximum Gasteiger partial charge on any atom is 0.146 e. The molecule has 0 bridgehead atoms. The van der Waals surface area contributed by atoms with E-state index < -0.39 is 0 Å². The van der Waals surface area contributed by atoms with Crippen molar-refractivity contribution in [3.05, 3.63) is 71.8 Å². The molecule has 0 aliphatic heterocycles. The SMILES string of the molecule is CCCC(O[SiH3])C(CC)(c1ccccc1)c1ccccc1. The molecule has 0 radical (unpaired) electrons. The number of benzene rings is 2. The highest BCUT2D eigenvalue weighted by Crippen LogP contribution is 2.41. The molecule has 1 unspecified atom stereocenters. The molecule has 0 aromatic heterocycles. The second kappa shape index (κ2) is 7.58. The molecule has 0 aliphatic rings. The minimum absolute atomic E-state index is 0.0414. The zero-order valence-corrected chi connectivity index (χ0v) is 15.4. The third-order valence-electron chi connectivity index (χ3n) is 4.52. The standard InChI is InChI=1S/C19H26OSi/c1-3-11-18(20-21)19(4-2,16-12-7-5-8-13-16)17-14-9-6-10-15-17/h5-10,12-15,18H,3-4,11H2,1-2,21H3. The first-order chi connectivity index (χ1) is 10.3. The van der Waals surface area contributed by atoms with Crippen molar-refractivity contribution in [2.45, 2.75) is 44.6 Å². The summed E-state index contributed by atoms with van der Waals surface area (Å²) in [7, 11) is 0.774. The lowest BCUT2D eigenvalue weighted by atomic mass is 9.67. The monoisotopic (exact) mass is 298 g/mol. The minimum atomic E-state index is -0.0414. The largest absolute Gasteiger partial charge is 0.424 e. The highest BCUT2D eigenvalue weighted by atomic mass is 28.2. The van der Waals surface area contributed by atoms with E-state index >= 15 is 0 Å². The van der Waals surface area contributed by atoms with Crippen molar-refractivity contribution >= 4 is 10.5 Å². The summed E-state index contributed by atoms with van der Waals surface area (Å²) in [6, 6.07) is 21.7. The van der Waals surface area contributed by atoms with Crippen LogP contribution in [0.15, 0.2) is 60.7 Å². The molecule has 0 N–H and O–H groups in total. The first kappa shape index (κ1) is 16.0. The Balaban J connectivity index is 2.61. The van der Waals surface area contributed by atoms with Gasteiger partial charge in [0.25, 0.3) is 0 Å². The van der Waals surface area contributed by atoms with Crippen molar-refractivity contribution in [1.29, 1.82) is 0 Å². The molecular weight excluding hydrogens is 272 g/mol. The van der Waals surface area contributed by atoms with Crippen molar-refractivity contribution in [1.82, 2.24) is 0 Å². The van der Waals surface area contributed by atoms with Gasteiger partial charge in [-0.3, -0.25) is 0 Å². The fraction of sp³-hybridized carbons (Fsp3) is 0.368. The van der Waals surface area contributed by atoms with Crippen molar-refractivity contribution in [2.75, 3.05) is 0 Å². The molecule has 2 rings (SSSR count). The summed E-state index contributed by atoms with van der Waals surface area (Å²) < 4.78 is 6.09. The van der Waals surface area contributed by atoms with E-state index in [-0.39, 0.29) is 11.5 Å². The van der Waals surface area contributed by atoms with Crippen LogP contribution in [-0.2, 0) is 9.84 Å². The van der Waals surface area contributed by atoms with Crippen molar-refractivity contribution < 1.29 is 4.43 Å². The summed E-state index contributed by atoms with van der Waals surface area (Å²) in [4.78, 5) is 0. The summed E-state index contributed by atoms with van der Waals surface area (Å²) in [5.74, 6) is 0. The Morgan fingerprint density at radius 2 is 1.38 bits per heavy atom. The van der Waals surface area contributed by atoms with Gasteiger partial charge >= 0.3 is 0 Å². The van der Waals surface area contributed by atoms with Gasteiger partial charge in [-0.15, -0.1) is 0 Å². The Morgan fingerprint density at radius 1 is 0.905 bits per heavy atom. The molecular formula is C19H26OSi. The Kier molecular flexibility index (Phi) is 5.77. The molecule has 21 heavy (non-hydrogen) atoms. The summed E-state index contributed by atoms with van der Waals surface area (Å²) in [6.07, 6.45) is 3.55. The molecule has 1 nitrogen and oxygen atoms in total. The smallest absolute Gasteiger partial charge is 0.146 e. The van der Waals surface area contributed by atoms with Gasteiger partial charge in [-0.25, -0.2) is 0 Å². The molecule has 0 saturated carbocycles. The molecule has 2 heteroatoms. The van der Waals surface area contributed by atoms with Crippen LogP contribution in [0.4, 0.5) is 0 Å². The first-order valence-electron chi connectivity index (χ1n) is 7.93. The normalized spacial score (nSPS) is 13.2. The maximum atomic E-state index is 6.09. The van der Waals surface area contributed by atoms with E-state index in [4.69, 9.17) is 4.43 Å². The zero-order valence-electron chi connectivity index (χ0n) is 13.4. The van der Waals surface area contributed by atoms with Gasteiger partial charge in [-0.05, 0) is 24.0 Å². The van der Waals surface area contributed by atoms with Crippen molar-refractivity contribution in [3.63, 3.8) is 0 Å². The topological polar surface area (TPSA) is 9.23 Å². The average molecular weight is 299 g/mol. The van der Waals surface area contributed by atoms with Crippen LogP contribution in [0.3, 0.4) is 0 Å². The van der Waals surface area contributed by atoms with Crippen LogP contribution in [0, 0.1) is 0 Å². The number of hydrogen-bond acceptors (Lipinski definition) is 1. The maximum absolute atomic E-state index is 6.09. The summed E-state index contributed by atoms with van der Waals surface area (Å²) in [6.45, 7) is 4.52. The lowest BCUT2D eigenvalue weighted by Gasteiger charge is -2.41. The highest BCUT2D eigenvalue weighted by molar-refractivity contribution is 5.98. The van der Waals surface area contributed by atoms with Crippen LogP contribution in [0.1, 0.15) is 44.2 Å². The third kappa shape index (κ3) is 3.12. The van der Waals surface area contributed by atoms with Crippen molar-refractivity contribution in [3.8, 4) is 0 Å². The van der Waals surface area contributed by atoms with E-state index in [0.29, 0.717) is 0 Å². The molecule has 2 aromatic rings. The summed E-state index contributed by atoms with van der Waals surface area (Å²) >= 11 is 0. The van der Waals surface area contributed by atoms with Crippen molar-refractivity contribution in [2.24, 2.45) is 0 Å². The fourth-order valence-electron chi connectivity index (χ4n) is 3.47. The highest BCUT2D eigenvalue weighted by Gasteiger charge is 2.39. The molecule has 112 valence electrons. The lowest BCUT2D eigenvalue weighted by molar-refractivity contribution is 0.126. The van der Waals surface area contributed by atoms with Crippen LogP contribution < -0.4 is 0 Å². The van der Waals surface area contributed by atoms with Crippen LogP contribution >= 0.6 is 0 Å². The van der Waals surface area contributed by atoms with E-state index in [1.807, 2.05) is 0 Å². The Labute approximate surface area is 131 Å². The molecule has 0 aliphatic carbocycles. The fourth-order valence-corrected chi connectivity index (χ4v) is 4.11. The molecule has 0 saturated heterocycles. The Morgan fingerprint density at radius 3 is 1.71 bits per heavy atom. The predicted octanol–water partition coefficient (Wildman–Crippen LogP) is 3.85. The van der Waals surface area contributed by atoms with E-state index in [0.717, 1.165) is 29.7 Å². The van der Waals surface area contributed by atoms with E-state index in [1.165, 1.54) is 11.1 Å². The molecule has 0 fully saturated rings. The van der Waals surface area contributed by atoms with Gasteiger partial charge in [0.1, 0.15) is 10.5 Å². The van der Waals surface area contributed by atoms with Gasteiger partial charge in [0, 0.05) is 5.41 Å². The average Bonchev–Trinajstić information content (AvgIpc) is 2.57. The van der Waals surface area contributed by atoms with Gasteiger partial charge in [-0.1, -0.05) is 80.9 Å². The second-order valence-electron chi connectivity index (χ2n) is 5.57. The van der Waals surface area contributed by atoms with Gasteiger partial charge in [0.05, 0.1) is 6.10 Å². The first-order valence-corrected chi connectivity index (χ1v) is 8.75. The lowest BCUT2D eigenvalue weighted by Crippen LogP contribution is -2.41. The molecule has 1 atom stereocenters. The van der Waals surface area contributed by atoms with E-state index in [2.05, 4.69) is 74.5 Å². The van der Waals surface area contributed by atoms with Crippen LogP contribution in [0.2, 0.25) is 0 Å². The third-order valence-corrected chi connectivity index (χ3v) is 5.09. The number of hydrogen-bond donors (Lipinski definition) is 0. The van der Waals surface area contributed by atoms with Crippen LogP contribution in [-0.4, -0.2) is 16.6 Å². The second-order valence-corrected chi connectivity index (χ2v) is 6.04. The Bertz CT molecular complexity index is 484. The van der Waals surface area contributed by atoms with E-state index in [9.17, 15) is 0 Å². The quantitative estimate of drug-likeness (QED) is 0.706. The van der Waals surface area contributed by atoms with Gasteiger partial charge in [-0.2, -0.15) is 0 Å². The van der Waals surface area contributed by atoms with Gasteiger partial charge in [0.2, 0.25) is 0 Å². The molecule has 0 spiro atoms. The van der Waals surface area contributed by atoms with Gasteiger partial charge < -0.3 is 4.43 Å². The van der Waals surface area contributed by atoms with Crippen LogP contribution in [0.25, 0.3) is 0 Å². The molecule has 2 aromatic carbocycles. The Hall–Kier alpha value is -1.38. The minimum Gasteiger partial charge on any atom is -0.424 e. The number of rotatable bonds is 7. The van der Waals surface area contributed by atoms with E-state index in [1.54, 1.807) is 0 Å². The summed E-state index contributed by atoms with van der Waals surface area (Å²) in [5, 5.41) is 0. The van der Waals surface area contributed by atoms with Gasteiger partial charge in [0.15, 0.2) is 0 Å². The predicted molar refractivity (Wildman–Crippen MR) is 93.7 cm³/mol. The van der Waals surface area contributed by atoms with Crippen LogP contribution in [0.5, 0.6) is 0 Å². The molecule has 0 heterocycles. The molecule has 0 amide bonds. The zero-order chi connectivity index (χ0) is 15.1. The summed E-state index contributed by atoms with van der Waals surface area (Å²) in [5.41, 5.74) is 2.70.